The molecule has 0 saturated carbocycles. The number of nitrogens with one attached hydrogen (secondary N) is 1. The first kappa shape index (κ1) is 16.9. The molecule has 1 aromatic heterocycles. The van der Waals surface area contributed by atoms with E-state index in [-0.39, 0.29) is 16.3 Å². The summed E-state index contributed by atoms with van der Waals surface area (Å²) in [6, 6.07) is 0. The molecule has 0 unspecified atom stereocenters. The Morgan fingerprint density at radius 2 is 1.90 bits per heavy atom. The van der Waals surface area contributed by atoms with Crippen LogP contribution in [0.3, 0.4) is 0 Å². The number of rotatable bonds is 5. The summed E-state index contributed by atoms with van der Waals surface area (Å²) in [4.78, 5) is 25.2. The molecule has 20 heavy (non-hydrogen) atoms. The zero-order valence-electron chi connectivity index (χ0n) is 13.4. The smallest absolute Gasteiger partial charge is 0.328 e. The van der Waals surface area contributed by atoms with E-state index < -0.39 is 8.32 Å². The number of hydrogen-bond acceptors (Lipinski definition) is 3. The molecule has 0 amide bonds. The van der Waals surface area contributed by atoms with Gasteiger partial charge in [-0.15, -0.1) is 0 Å². The number of hydrogen-bond donors (Lipinski definition) is 1. The second kappa shape index (κ2) is 6.09. The largest absolute Gasteiger partial charge is 0.417 e. The van der Waals surface area contributed by atoms with Gasteiger partial charge in [0.2, 0.25) is 0 Å². The predicted octanol–water partition coefficient (Wildman–Crippen LogP) is 2.26. The van der Waals surface area contributed by atoms with Gasteiger partial charge in [-0.3, -0.25) is 9.78 Å². The second-order valence-electron chi connectivity index (χ2n) is 6.73. The van der Waals surface area contributed by atoms with Gasteiger partial charge in [-0.25, -0.2) is 4.79 Å². The van der Waals surface area contributed by atoms with Crippen molar-refractivity contribution in [3.8, 4) is 0 Å². The molecule has 0 aromatic carbocycles. The Kier molecular flexibility index (Phi) is 5.15. The molecule has 6 heteroatoms. The molecule has 0 radical (unpaired) electrons. The zero-order valence-corrected chi connectivity index (χ0v) is 14.4. The van der Waals surface area contributed by atoms with Crippen LogP contribution in [0.4, 0.5) is 0 Å². The van der Waals surface area contributed by atoms with E-state index in [4.69, 9.17) is 4.43 Å². The molecule has 0 saturated heterocycles. The van der Waals surface area contributed by atoms with Crippen molar-refractivity contribution in [2.75, 3.05) is 6.61 Å². The highest BCUT2D eigenvalue weighted by Gasteiger charge is 2.36. The molecule has 0 spiro atoms. The SMILES string of the molecule is Cc1cn(CCCO[Si](C)(C)C(C)(C)C)c(=O)[nH]c1=O. The highest BCUT2D eigenvalue weighted by Crippen LogP contribution is 2.36. The van der Waals surface area contributed by atoms with Gasteiger partial charge >= 0.3 is 5.69 Å². The van der Waals surface area contributed by atoms with Crippen LogP contribution < -0.4 is 11.2 Å². The van der Waals surface area contributed by atoms with Gasteiger partial charge in [0.15, 0.2) is 8.32 Å². The van der Waals surface area contributed by atoms with E-state index >= 15 is 0 Å². The van der Waals surface area contributed by atoms with Crippen LogP contribution >= 0.6 is 0 Å². The van der Waals surface area contributed by atoms with Crippen molar-refractivity contribution in [1.82, 2.24) is 9.55 Å². The minimum atomic E-state index is -1.72. The molecule has 1 N–H and O–H groups in total. The Labute approximate surface area is 121 Å². The van der Waals surface area contributed by atoms with Gasteiger partial charge in [-0.1, -0.05) is 20.8 Å². The lowest BCUT2D eigenvalue weighted by atomic mass is 10.2. The number of aryl methyl sites for hydroxylation is 2. The van der Waals surface area contributed by atoms with Crippen LogP contribution in [0.2, 0.25) is 18.1 Å². The standard InChI is InChI=1S/C14H26N2O3Si/c1-11-10-16(13(18)15-12(11)17)8-7-9-19-20(5,6)14(2,3)4/h10H,7-9H2,1-6H3,(H,15,17,18). The molecule has 1 aromatic rings. The van der Waals surface area contributed by atoms with Gasteiger partial charge in [0.1, 0.15) is 0 Å². The van der Waals surface area contributed by atoms with E-state index in [1.807, 2.05) is 0 Å². The third-order valence-electron chi connectivity index (χ3n) is 4.00. The van der Waals surface area contributed by atoms with Crippen LogP contribution in [0.15, 0.2) is 15.8 Å². The maximum atomic E-state index is 11.6. The number of aromatic nitrogens is 2. The van der Waals surface area contributed by atoms with Gasteiger partial charge in [0.05, 0.1) is 0 Å². The average molecular weight is 298 g/mol. The third kappa shape index (κ3) is 4.18. The molecule has 0 aliphatic rings. The van der Waals surface area contributed by atoms with Gasteiger partial charge in [-0.2, -0.15) is 0 Å². The van der Waals surface area contributed by atoms with E-state index in [2.05, 4.69) is 38.8 Å². The van der Waals surface area contributed by atoms with Crippen molar-refractivity contribution in [3.05, 3.63) is 32.6 Å². The summed E-state index contributed by atoms with van der Waals surface area (Å²) in [5, 5.41) is 0.193. The first-order valence-corrected chi connectivity index (χ1v) is 9.90. The van der Waals surface area contributed by atoms with Gasteiger partial charge in [-0.05, 0) is 31.5 Å². The Hall–Kier alpha value is -1.14. The maximum absolute atomic E-state index is 11.6. The first-order chi connectivity index (χ1) is 9.04. The van der Waals surface area contributed by atoms with Crippen molar-refractivity contribution in [1.29, 1.82) is 0 Å². The summed E-state index contributed by atoms with van der Waals surface area (Å²) in [6.45, 7) is 13.9. The minimum absolute atomic E-state index is 0.193. The lowest BCUT2D eigenvalue weighted by Gasteiger charge is -2.36. The molecule has 0 bridgehead atoms. The Bertz CT molecular complexity index is 567. The minimum Gasteiger partial charge on any atom is -0.417 e. The summed E-state index contributed by atoms with van der Waals surface area (Å²) in [7, 11) is -1.72. The molecule has 5 nitrogen and oxygen atoms in total. The van der Waals surface area contributed by atoms with Crippen molar-refractivity contribution in [2.45, 2.75) is 58.8 Å². The van der Waals surface area contributed by atoms with E-state index in [1.165, 1.54) is 4.57 Å². The molecule has 1 rings (SSSR count). The predicted molar refractivity (Wildman–Crippen MR) is 83.8 cm³/mol. The average Bonchev–Trinajstić information content (AvgIpc) is 2.29. The maximum Gasteiger partial charge on any atom is 0.328 e. The molecular weight excluding hydrogens is 272 g/mol. The van der Waals surface area contributed by atoms with Crippen LogP contribution in [-0.2, 0) is 11.0 Å². The van der Waals surface area contributed by atoms with Crippen LogP contribution in [0.1, 0.15) is 32.8 Å². The van der Waals surface area contributed by atoms with E-state index in [0.29, 0.717) is 18.7 Å². The lowest BCUT2D eigenvalue weighted by molar-refractivity contribution is 0.274. The number of nitrogens with zero attached hydrogens (tertiary/aromatic N) is 1. The van der Waals surface area contributed by atoms with Crippen LogP contribution in [0.25, 0.3) is 0 Å². The van der Waals surface area contributed by atoms with Crippen LogP contribution in [0.5, 0.6) is 0 Å². The molecule has 0 aliphatic carbocycles. The first-order valence-electron chi connectivity index (χ1n) is 6.99. The van der Waals surface area contributed by atoms with Gasteiger partial charge in [0, 0.05) is 24.9 Å². The van der Waals surface area contributed by atoms with Crippen molar-refractivity contribution in [3.63, 3.8) is 0 Å². The molecule has 1 heterocycles. The van der Waals surface area contributed by atoms with Crippen molar-refractivity contribution >= 4 is 8.32 Å². The molecule has 0 fully saturated rings. The highest BCUT2D eigenvalue weighted by molar-refractivity contribution is 6.74. The third-order valence-corrected chi connectivity index (χ3v) is 8.54. The topological polar surface area (TPSA) is 64.1 Å². The van der Waals surface area contributed by atoms with Crippen molar-refractivity contribution in [2.24, 2.45) is 0 Å². The summed E-state index contributed by atoms with van der Waals surface area (Å²) < 4.78 is 7.59. The molecule has 0 aliphatic heterocycles. The van der Waals surface area contributed by atoms with E-state index in [1.54, 1.807) is 13.1 Å². The summed E-state index contributed by atoms with van der Waals surface area (Å²) >= 11 is 0. The van der Waals surface area contributed by atoms with Gasteiger partial charge < -0.3 is 8.99 Å². The summed E-state index contributed by atoms with van der Waals surface area (Å²) in [5.74, 6) is 0. The quantitative estimate of drug-likeness (QED) is 0.670. The molecule has 114 valence electrons. The fraction of sp³-hybridized carbons (Fsp3) is 0.714. The fourth-order valence-electron chi connectivity index (χ4n) is 1.56. The highest BCUT2D eigenvalue weighted by atomic mass is 28.4. The van der Waals surface area contributed by atoms with E-state index in [9.17, 15) is 9.59 Å². The number of aromatic amines is 1. The second-order valence-corrected chi connectivity index (χ2v) is 11.5. The van der Waals surface area contributed by atoms with E-state index in [0.717, 1.165) is 6.42 Å². The normalized spacial score (nSPS) is 12.7. The monoisotopic (exact) mass is 298 g/mol. The Balaban J connectivity index is 2.57. The fourth-order valence-corrected chi connectivity index (χ4v) is 2.65. The molecule has 0 atom stereocenters. The van der Waals surface area contributed by atoms with Crippen LogP contribution in [0, 0.1) is 6.92 Å². The Morgan fingerprint density at radius 1 is 1.30 bits per heavy atom. The van der Waals surface area contributed by atoms with Gasteiger partial charge in [0.25, 0.3) is 5.56 Å². The summed E-state index contributed by atoms with van der Waals surface area (Å²) in [5.41, 5.74) is -0.119. The molecular formula is C14H26N2O3Si. The number of H-pyrrole nitrogens is 1. The van der Waals surface area contributed by atoms with Crippen LogP contribution in [-0.4, -0.2) is 24.5 Å². The zero-order chi connectivity index (χ0) is 15.6. The summed E-state index contributed by atoms with van der Waals surface area (Å²) in [6.07, 6.45) is 2.37. The lowest BCUT2D eigenvalue weighted by Crippen LogP contribution is -2.41. The van der Waals surface area contributed by atoms with Crippen molar-refractivity contribution < 1.29 is 4.43 Å². The Morgan fingerprint density at radius 3 is 2.45 bits per heavy atom.